The van der Waals surface area contributed by atoms with Gasteiger partial charge in [0.05, 0.1) is 0 Å². The molecule has 1 saturated heterocycles. The average molecular weight is 228 g/mol. The van der Waals surface area contributed by atoms with Gasteiger partial charge in [-0.1, -0.05) is 12.8 Å². The first-order chi connectivity index (χ1) is 6.92. The van der Waals surface area contributed by atoms with Crippen LogP contribution >= 0.6 is 0 Å². The third kappa shape index (κ3) is 2.07. The van der Waals surface area contributed by atoms with Crippen LogP contribution in [-0.4, -0.2) is 43.4 Å². The monoisotopic (exact) mass is 228 g/mol. The molecule has 0 saturated carbocycles. The summed E-state index contributed by atoms with van der Waals surface area (Å²) in [6, 6.07) is 2.05. The molecule has 15 heavy (non-hydrogen) atoms. The maximum absolute atomic E-state index is 11.5. The van der Waals surface area contributed by atoms with Crippen molar-refractivity contribution in [3.63, 3.8) is 0 Å². The minimum Gasteiger partial charge on any atom is -0.354 e. The van der Waals surface area contributed by atoms with Crippen LogP contribution in [0.5, 0.6) is 0 Å². The molecule has 0 aromatic rings. The fourth-order valence-electron chi connectivity index (χ4n) is 2.42. The van der Waals surface area contributed by atoms with E-state index < -0.39 is 8.40 Å². The van der Waals surface area contributed by atoms with Gasteiger partial charge in [0.15, 0.2) is 0 Å². The van der Waals surface area contributed by atoms with Crippen LogP contribution in [-0.2, 0) is 9.59 Å². The van der Waals surface area contributed by atoms with E-state index in [1.54, 1.807) is 13.8 Å². The molecule has 1 heterocycles. The van der Waals surface area contributed by atoms with Crippen LogP contribution in [0.1, 0.15) is 26.7 Å². The van der Waals surface area contributed by atoms with Crippen molar-refractivity contribution in [1.82, 2.24) is 9.13 Å². The predicted molar refractivity (Wildman–Crippen MR) is 61.5 cm³/mol. The second-order valence-electron chi connectivity index (χ2n) is 4.35. The smallest absolute Gasteiger partial charge is 0.268 e. The van der Waals surface area contributed by atoms with E-state index in [1.807, 2.05) is 23.2 Å². The molecule has 0 aromatic heterocycles. The zero-order chi connectivity index (χ0) is 11.6. The lowest BCUT2D eigenvalue weighted by atomic mass is 10.4. The van der Waals surface area contributed by atoms with Gasteiger partial charge in [0.1, 0.15) is 0 Å². The highest BCUT2D eigenvalue weighted by atomic mass is 28.3. The molecule has 1 aliphatic rings. The van der Waals surface area contributed by atoms with Gasteiger partial charge in [-0.15, -0.1) is 0 Å². The first-order valence-corrected chi connectivity index (χ1v) is 7.71. The third-order valence-corrected chi connectivity index (χ3v) is 9.03. The lowest BCUT2D eigenvalue weighted by Gasteiger charge is -2.42. The van der Waals surface area contributed by atoms with Crippen LogP contribution in [0.2, 0.25) is 12.1 Å². The van der Waals surface area contributed by atoms with Gasteiger partial charge >= 0.3 is 0 Å². The second-order valence-corrected chi connectivity index (χ2v) is 8.65. The summed E-state index contributed by atoms with van der Waals surface area (Å²) in [5.41, 5.74) is 0. The van der Waals surface area contributed by atoms with Crippen molar-refractivity contribution < 1.29 is 9.59 Å². The predicted octanol–water partition coefficient (Wildman–Crippen LogP) is 1.18. The lowest BCUT2D eigenvalue weighted by molar-refractivity contribution is -0.126. The Kier molecular flexibility index (Phi) is 3.54. The molecular weight excluding hydrogens is 208 g/mol. The Morgan fingerprint density at radius 3 is 1.53 bits per heavy atom. The van der Waals surface area contributed by atoms with E-state index in [1.165, 1.54) is 0 Å². The van der Waals surface area contributed by atoms with E-state index in [0.717, 1.165) is 24.9 Å². The highest BCUT2D eigenvalue weighted by molar-refractivity contribution is 6.78. The minimum absolute atomic E-state index is 0.0802. The van der Waals surface area contributed by atoms with Crippen LogP contribution in [0.4, 0.5) is 0 Å². The molecule has 0 radical (unpaired) electrons. The van der Waals surface area contributed by atoms with Crippen LogP contribution in [0.15, 0.2) is 0 Å². The Hall–Kier alpha value is -0.843. The average Bonchev–Trinajstić information content (AvgIpc) is 2.64. The highest BCUT2D eigenvalue weighted by Gasteiger charge is 2.47. The van der Waals surface area contributed by atoms with E-state index in [2.05, 4.69) is 0 Å². The molecule has 4 nitrogen and oxygen atoms in total. The van der Waals surface area contributed by atoms with E-state index in [0.29, 0.717) is 0 Å². The normalized spacial score (nSPS) is 18.7. The molecule has 0 unspecified atom stereocenters. The Labute approximate surface area is 92.4 Å². The summed E-state index contributed by atoms with van der Waals surface area (Å²) in [7, 11) is 1.70. The molecular formula is C10H20N2O2Si. The van der Waals surface area contributed by atoms with Gasteiger partial charge in [-0.25, -0.2) is 0 Å². The van der Waals surface area contributed by atoms with Gasteiger partial charge in [0.25, 0.3) is 8.40 Å². The summed E-state index contributed by atoms with van der Waals surface area (Å²) >= 11 is 0. The van der Waals surface area contributed by atoms with Crippen LogP contribution < -0.4 is 0 Å². The number of hydrogen-bond donors (Lipinski definition) is 0. The van der Waals surface area contributed by atoms with Gasteiger partial charge in [0, 0.05) is 27.9 Å². The topological polar surface area (TPSA) is 40.6 Å². The molecule has 1 aliphatic heterocycles. The fourth-order valence-corrected chi connectivity index (χ4v) is 7.27. The number of hydrogen-bond acceptors (Lipinski definition) is 2. The number of carbonyl (C=O) groups excluding carboxylic acids is 2. The zero-order valence-corrected chi connectivity index (χ0v) is 11.0. The Morgan fingerprint density at radius 2 is 1.27 bits per heavy atom. The van der Waals surface area contributed by atoms with Crippen molar-refractivity contribution in [3.8, 4) is 0 Å². The molecule has 0 aliphatic carbocycles. The summed E-state index contributed by atoms with van der Waals surface area (Å²) < 4.78 is 3.70. The fraction of sp³-hybridized carbons (Fsp3) is 0.800. The molecule has 0 bridgehead atoms. The molecule has 0 spiro atoms. The molecule has 86 valence electrons. The summed E-state index contributed by atoms with van der Waals surface area (Å²) in [6.07, 6.45) is 2.28. The molecule has 0 aromatic carbocycles. The third-order valence-electron chi connectivity index (χ3n) is 3.60. The maximum atomic E-state index is 11.5. The minimum atomic E-state index is -2.00. The van der Waals surface area contributed by atoms with Gasteiger partial charge in [-0.05, 0) is 12.1 Å². The molecule has 0 atom stereocenters. The molecule has 1 fully saturated rings. The van der Waals surface area contributed by atoms with Gasteiger partial charge in [-0.3, -0.25) is 9.59 Å². The van der Waals surface area contributed by atoms with Crippen molar-refractivity contribution >= 4 is 20.2 Å². The number of carbonyl (C=O) groups is 2. The van der Waals surface area contributed by atoms with E-state index >= 15 is 0 Å². The van der Waals surface area contributed by atoms with Gasteiger partial charge in [0.2, 0.25) is 11.8 Å². The second kappa shape index (κ2) is 4.34. The first kappa shape index (κ1) is 12.2. The first-order valence-electron chi connectivity index (χ1n) is 5.40. The summed E-state index contributed by atoms with van der Waals surface area (Å²) in [6.45, 7) is 3.17. The van der Waals surface area contributed by atoms with Crippen LogP contribution in [0.3, 0.4) is 0 Å². The van der Waals surface area contributed by atoms with Crippen molar-refractivity contribution in [2.75, 3.05) is 14.1 Å². The van der Waals surface area contributed by atoms with Gasteiger partial charge < -0.3 is 9.13 Å². The highest BCUT2D eigenvalue weighted by Crippen LogP contribution is 2.34. The lowest BCUT2D eigenvalue weighted by Crippen LogP contribution is -2.63. The van der Waals surface area contributed by atoms with Crippen molar-refractivity contribution in [2.24, 2.45) is 0 Å². The Bertz CT molecular complexity index is 253. The van der Waals surface area contributed by atoms with E-state index in [9.17, 15) is 9.59 Å². The van der Waals surface area contributed by atoms with E-state index in [-0.39, 0.29) is 11.8 Å². The van der Waals surface area contributed by atoms with Crippen molar-refractivity contribution in [2.45, 2.75) is 38.8 Å². The van der Waals surface area contributed by atoms with Crippen molar-refractivity contribution in [3.05, 3.63) is 0 Å². The molecule has 5 heteroatoms. The Morgan fingerprint density at radius 1 is 0.933 bits per heavy atom. The largest absolute Gasteiger partial charge is 0.354 e. The SMILES string of the molecule is CC(=O)N(C)[Si]1(N(C)C(C)=O)CCCC1. The molecule has 1 rings (SSSR count). The van der Waals surface area contributed by atoms with Crippen LogP contribution in [0, 0.1) is 0 Å². The zero-order valence-electron chi connectivity index (χ0n) is 10.0. The summed E-state index contributed by atoms with van der Waals surface area (Å²) in [4.78, 5) is 23.0. The maximum Gasteiger partial charge on any atom is 0.268 e. The summed E-state index contributed by atoms with van der Waals surface area (Å²) in [5.74, 6) is 0.160. The van der Waals surface area contributed by atoms with Gasteiger partial charge in [-0.2, -0.15) is 0 Å². The Balaban J connectivity index is 2.97. The molecule has 2 amide bonds. The van der Waals surface area contributed by atoms with Crippen molar-refractivity contribution in [1.29, 1.82) is 0 Å². The standard InChI is InChI=1S/C10H20N2O2Si/c1-9(13)11(3)15(7-5-6-8-15)12(4)10(2)14/h5-8H2,1-4H3. The van der Waals surface area contributed by atoms with Crippen LogP contribution in [0.25, 0.3) is 0 Å². The number of rotatable bonds is 2. The number of nitrogens with zero attached hydrogens (tertiary/aromatic N) is 2. The van der Waals surface area contributed by atoms with E-state index in [4.69, 9.17) is 0 Å². The summed E-state index contributed by atoms with van der Waals surface area (Å²) in [5, 5.41) is 0. The molecule has 0 N–H and O–H groups in total. The quantitative estimate of drug-likeness (QED) is 0.666. The number of amides is 2.